The Bertz CT molecular complexity index is 198. The number of allylic oxidation sites excluding steroid dienone is 4. The molecule has 1 saturated carbocycles. The fourth-order valence-electron chi connectivity index (χ4n) is 2.16. The Morgan fingerprint density at radius 3 is 2.79 bits per heavy atom. The van der Waals surface area contributed by atoms with Crippen LogP contribution in [-0.4, -0.2) is 0 Å². The zero-order valence-corrected chi connectivity index (χ0v) is 9.76. The Kier molecular flexibility index (Phi) is 5.66. The molecule has 0 saturated heterocycles. The van der Waals surface area contributed by atoms with Crippen LogP contribution in [0.4, 0.5) is 0 Å². The van der Waals surface area contributed by atoms with Crippen LogP contribution in [-0.2, 0) is 0 Å². The summed E-state index contributed by atoms with van der Waals surface area (Å²) in [5, 5.41) is 0. The van der Waals surface area contributed by atoms with Crippen molar-refractivity contribution >= 4 is 0 Å². The van der Waals surface area contributed by atoms with E-state index in [0.717, 1.165) is 5.92 Å². The molecule has 1 rings (SSSR count). The monoisotopic (exact) mass is 192 g/mol. The lowest BCUT2D eigenvalue weighted by atomic mass is 9.85. The molecule has 0 amide bonds. The van der Waals surface area contributed by atoms with Crippen molar-refractivity contribution in [3.8, 4) is 0 Å². The van der Waals surface area contributed by atoms with E-state index in [1.165, 1.54) is 44.9 Å². The van der Waals surface area contributed by atoms with E-state index in [9.17, 15) is 0 Å². The highest BCUT2D eigenvalue weighted by molar-refractivity contribution is 5.08. The predicted molar refractivity (Wildman–Crippen MR) is 64.4 cm³/mol. The van der Waals surface area contributed by atoms with E-state index in [4.69, 9.17) is 0 Å². The van der Waals surface area contributed by atoms with Gasteiger partial charge in [0.25, 0.3) is 0 Å². The van der Waals surface area contributed by atoms with Crippen molar-refractivity contribution in [2.45, 2.75) is 58.8 Å². The molecule has 0 heterocycles. The molecule has 1 atom stereocenters. The highest BCUT2D eigenvalue weighted by atomic mass is 14.2. The van der Waals surface area contributed by atoms with Gasteiger partial charge in [-0.25, -0.2) is 0 Å². The van der Waals surface area contributed by atoms with Gasteiger partial charge >= 0.3 is 0 Å². The van der Waals surface area contributed by atoms with Gasteiger partial charge in [0.2, 0.25) is 0 Å². The van der Waals surface area contributed by atoms with Crippen LogP contribution in [0.2, 0.25) is 0 Å². The summed E-state index contributed by atoms with van der Waals surface area (Å²) in [5.41, 5.74) is 1.72. The number of hydrogen-bond acceptors (Lipinski definition) is 0. The van der Waals surface area contributed by atoms with Crippen LogP contribution in [0.5, 0.6) is 0 Å². The van der Waals surface area contributed by atoms with E-state index < -0.39 is 0 Å². The zero-order chi connectivity index (χ0) is 10.2. The van der Waals surface area contributed by atoms with Crippen LogP contribution in [0.15, 0.2) is 23.8 Å². The van der Waals surface area contributed by atoms with Crippen LogP contribution in [0.3, 0.4) is 0 Å². The van der Waals surface area contributed by atoms with Crippen LogP contribution in [0, 0.1) is 5.92 Å². The molecule has 0 aromatic rings. The quantitative estimate of drug-likeness (QED) is 0.440. The molecule has 0 aromatic heterocycles. The van der Waals surface area contributed by atoms with Gasteiger partial charge in [-0.3, -0.25) is 0 Å². The first kappa shape index (κ1) is 11.6. The van der Waals surface area contributed by atoms with Crippen molar-refractivity contribution < 1.29 is 0 Å². The third-order valence-electron chi connectivity index (χ3n) is 3.13. The van der Waals surface area contributed by atoms with E-state index in [1.807, 2.05) is 0 Å². The Hall–Kier alpha value is -0.520. The number of rotatable bonds is 4. The normalized spacial score (nSPS) is 26.1. The summed E-state index contributed by atoms with van der Waals surface area (Å²) < 4.78 is 0. The third kappa shape index (κ3) is 4.13. The highest BCUT2D eigenvalue weighted by Gasteiger charge is 2.12. The maximum atomic E-state index is 2.49. The van der Waals surface area contributed by atoms with Crippen molar-refractivity contribution in [2.24, 2.45) is 5.92 Å². The van der Waals surface area contributed by atoms with Crippen LogP contribution < -0.4 is 0 Å². The molecule has 80 valence electrons. The van der Waals surface area contributed by atoms with Gasteiger partial charge in [0.05, 0.1) is 0 Å². The summed E-state index contributed by atoms with van der Waals surface area (Å²) >= 11 is 0. The average molecular weight is 192 g/mol. The first-order valence-electron chi connectivity index (χ1n) is 6.18. The van der Waals surface area contributed by atoms with E-state index in [-0.39, 0.29) is 0 Å². The van der Waals surface area contributed by atoms with E-state index >= 15 is 0 Å². The predicted octanol–water partition coefficient (Wildman–Crippen LogP) is 4.87. The van der Waals surface area contributed by atoms with Crippen molar-refractivity contribution in [3.63, 3.8) is 0 Å². The molecule has 0 nitrogen and oxygen atoms in total. The Morgan fingerprint density at radius 1 is 1.21 bits per heavy atom. The fourth-order valence-corrected chi connectivity index (χ4v) is 2.16. The summed E-state index contributed by atoms with van der Waals surface area (Å²) in [6, 6.07) is 0. The molecule has 1 aliphatic rings. The summed E-state index contributed by atoms with van der Waals surface area (Å²) in [4.78, 5) is 0. The van der Waals surface area contributed by atoms with Gasteiger partial charge in [-0.1, -0.05) is 44.1 Å². The molecular weight excluding hydrogens is 168 g/mol. The molecule has 0 radical (unpaired) electrons. The lowest BCUT2D eigenvalue weighted by Gasteiger charge is -2.21. The largest absolute Gasteiger partial charge is 0.0888 e. The summed E-state index contributed by atoms with van der Waals surface area (Å²) in [6.45, 7) is 4.57. The van der Waals surface area contributed by atoms with Crippen LogP contribution in [0.1, 0.15) is 58.8 Å². The molecule has 1 aliphatic carbocycles. The van der Waals surface area contributed by atoms with Crippen molar-refractivity contribution in [3.05, 3.63) is 23.8 Å². The molecular formula is C14H24. The summed E-state index contributed by atoms with van der Waals surface area (Å²) in [5.74, 6) is 0.860. The van der Waals surface area contributed by atoms with Gasteiger partial charge in [-0.15, -0.1) is 0 Å². The first-order chi connectivity index (χ1) is 6.84. The molecule has 14 heavy (non-hydrogen) atoms. The molecule has 1 unspecified atom stereocenters. The minimum absolute atomic E-state index is 0.860. The van der Waals surface area contributed by atoms with Gasteiger partial charge < -0.3 is 0 Å². The van der Waals surface area contributed by atoms with Crippen molar-refractivity contribution in [1.29, 1.82) is 0 Å². The zero-order valence-electron chi connectivity index (χ0n) is 9.76. The minimum atomic E-state index is 0.860. The second-order valence-electron chi connectivity index (χ2n) is 4.38. The van der Waals surface area contributed by atoms with E-state index in [1.54, 1.807) is 5.57 Å². The maximum Gasteiger partial charge on any atom is -0.0232 e. The van der Waals surface area contributed by atoms with E-state index in [2.05, 4.69) is 32.1 Å². The SMILES string of the molecule is CCC=CCC/C=C1/CCCCC1C. The first-order valence-corrected chi connectivity index (χ1v) is 6.18. The molecule has 0 aliphatic heterocycles. The van der Waals surface area contributed by atoms with Crippen LogP contribution >= 0.6 is 0 Å². The minimum Gasteiger partial charge on any atom is -0.0888 e. The van der Waals surface area contributed by atoms with Gasteiger partial charge in [0, 0.05) is 0 Å². The molecule has 0 heteroatoms. The van der Waals surface area contributed by atoms with Gasteiger partial charge in [-0.2, -0.15) is 0 Å². The molecule has 0 bridgehead atoms. The standard InChI is InChI=1S/C14H24/c1-3-4-5-6-7-11-14-12-9-8-10-13(14)2/h4-5,11,13H,3,6-10,12H2,1-2H3/b5-4?,14-11-. The second kappa shape index (κ2) is 6.86. The topological polar surface area (TPSA) is 0 Å². The Balaban J connectivity index is 2.24. The summed E-state index contributed by atoms with van der Waals surface area (Å²) in [7, 11) is 0. The van der Waals surface area contributed by atoms with Crippen LogP contribution in [0.25, 0.3) is 0 Å². The Labute approximate surface area is 89.1 Å². The smallest absolute Gasteiger partial charge is 0.0232 e. The average Bonchev–Trinajstić information content (AvgIpc) is 2.20. The van der Waals surface area contributed by atoms with E-state index in [0.29, 0.717) is 0 Å². The van der Waals surface area contributed by atoms with Crippen molar-refractivity contribution in [2.75, 3.05) is 0 Å². The second-order valence-corrected chi connectivity index (χ2v) is 4.38. The molecule has 0 aromatic carbocycles. The molecule has 1 fully saturated rings. The number of unbranched alkanes of at least 4 members (excludes halogenated alkanes) is 1. The van der Waals surface area contributed by atoms with Gasteiger partial charge in [0.15, 0.2) is 0 Å². The fraction of sp³-hybridized carbons (Fsp3) is 0.714. The van der Waals surface area contributed by atoms with Gasteiger partial charge in [-0.05, 0) is 44.4 Å². The number of hydrogen-bond donors (Lipinski definition) is 0. The summed E-state index contributed by atoms with van der Waals surface area (Å²) in [6.07, 6.45) is 16.3. The highest BCUT2D eigenvalue weighted by Crippen LogP contribution is 2.29. The third-order valence-corrected chi connectivity index (χ3v) is 3.13. The molecule has 0 N–H and O–H groups in total. The lowest BCUT2D eigenvalue weighted by molar-refractivity contribution is 0.481. The maximum absolute atomic E-state index is 2.49. The Morgan fingerprint density at radius 2 is 2.07 bits per heavy atom. The molecule has 0 spiro atoms. The van der Waals surface area contributed by atoms with Crippen molar-refractivity contribution in [1.82, 2.24) is 0 Å². The van der Waals surface area contributed by atoms with Gasteiger partial charge in [0.1, 0.15) is 0 Å². The lowest BCUT2D eigenvalue weighted by Crippen LogP contribution is -2.05.